The molecule has 0 heterocycles. The summed E-state index contributed by atoms with van der Waals surface area (Å²) >= 11 is 0. The van der Waals surface area contributed by atoms with E-state index in [4.69, 9.17) is 0 Å². The highest BCUT2D eigenvalue weighted by Crippen LogP contribution is 1.34. The molecule has 6 heavy (non-hydrogen) atoms. The first kappa shape index (κ1) is 8.95. The van der Waals surface area contributed by atoms with Gasteiger partial charge in [0, 0.05) is 0 Å². The van der Waals surface area contributed by atoms with Crippen molar-refractivity contribution in [2.75, 3.05) is 0 Å². The molecule has 7 N–H and O–H groups in total. The van der Waals surface area contributed by atoms with Crippen molar-refractivity contribution < 1.29 is 10.3 Å². The first-order valence-electron chi connectivity index (χ1n) is 1.03. The Balaban J connectivity index is 0. The van der Waals surface area contributed by atoms with Crippen molar-refractivity contribution in [2.45, 2.75) is 0 Å². The number of hydrazine groups is 1. The summed E-state index contributed by atoms with van der Waals surface area (Å²) in [6.45, 7) is 0. The van der Waals surface area contributed by atoms with Crippen LogP contribution in [0.3, 0.4) is 0 Å². The summed E-state index contributed by atoms with van der Waals surface area (Å²) in [5, 5.41) is 0. The minimum absolute atomic E-state index is 0. The average molecular weight is 93.1 g/mol. The molecule has 0 saturated heterocycles. The van der Waals surface area contributed by atoms with Crippen LogP contribution in [-0.2, 0) is 0 Å². The van der Waals surface area contributed by atoms with Crippen LogP contribution < -0.4 is 17.0 Å². The quantitative estimate of drug-likeness (QED) is 0.178. The normalized spacial score (nSPS) is 5.50. The molecule has 0 aliphatic carbocycles. The Morgan fingerprint density at radius 1 is 1.67 bits per heavy atom. The van der Waals surface area contributed by atoms with E-state index in [0.717, 1.165) is 0 Å². The molecule has 0 atom stereocenters. The molecule has 0 aromatic rings. The molecule has 2 amide bonds. The van der Waals surface area contributed by atoms with E-state index in [0.29, 0.717) is 0 Å². The SMILES string of the molecule is NNC(N)=O.O. The Kier molecular flexibility index (Phi) is 6.25. The Morgan fingerprint density at radius 3 is 1.83 bits per heavy atom. The predicted octanol–water partition coefficient (Wildman–Crippen LogP) is -2.30. The number of rotatable bonds is 0. The topological polar surface area (TPSA) is 113 Å². The molecule has 5 heteroatoms. The summed E-state index contributed by atoms with van der Waals surface area (Å²) < 4.78 is 0. The van der Waals surface area contributed by atoms with Gasteiger partial charge < -0.3 is 11.2 Å². The molecular formula is CH7N3O2. The first-order chi connectivity index (χ1) is 2.27. The number of primary amides is 1. The van der Waals surface area contributed by atoms with Crippen LogP contribution in [0.1, 0.15) is 0 Å². The fraction of sp³-hybridized carbons (Fsp3) is 0. The summed E-state index contributed by atoms with van der Waals surface area (Å²) in [5.41, 5.74) is 6.08. The molecule has 0 aliphatic heterocycles. The highest BCUT2D eigenvalue weighted by Gasteiger charge is 1.73. The second-order valence-electron chi connectivity index (χ2n) is 0.509. The first-order valence-corrected chi connectivity index (χ1v) is 1.03. The van der Waals surface area contributed by atoms with E-state index in [1.165, 1.54) is 0 Å². The highest BCUT2D eigenvalue weighted by atomic mass is 16.2. The van der Waals surface area contributed by atoms with Crippen LogP contribution in [0.25, 0.3) is 0 Å². The third-order valence-corrected chi connectivity index (χ3v) is 0.142. The monoisotopic (exact) mass is 93.1 g/mol. The van der Waals surface area contributed by atoms with Crippen LogP contribution in [0, 0.1) is 0 Å². The van der Waals surface area contributed by atoms with Crippen molar-refractivity contribution in [3.8, 4) is 0 Å². The second-order valence-corrected chi connectivity index (χ2v) is 0.509. The Hall–Kier alpha value is -0.810. The summed E-state index contributed by atoms with van der Waals surface area (Å²) in [7, 11) is 0. The zero-order valence-electron chi connectivity index (χ0n) is 3.06. The molecule has 0 rings (SSSR count). The molecule has 0 bridgehead atoms. The lowest BCUT2D eigenvalue weighted by molar-refractivity contribution is 0.249. The Morgan fingerprint density at radius 2 is 1.83 bits per heavy atom. The van der Waals surface area contributed by atoms with Gasteiger partial charge in [-0.25, -0.2) is 10.6 Å². The zero-order valence-corrected chi connectivity index (χ0v) is 3.06. The van der Waals surface area contributed by atoms with E-state index in [2.05, 4.69) is 11.6 Å². The van der Waals surface area contributed by atoms with Gasteiger partial charge in [-0.2, -0.15) is 0 Å². The molecule has 0 radical (unpaired) electrons. The van der Waals surface area contributed by atoms with E-state index in [9.17, 15) is 4.79 Å². The largest absolute Gasteiger partial charge is 0.412 e. The van der Waals surface area contributed by atoms with Gasteiger partial charge in [-0.15, -0.1) is 0 Å². The maximum absolute atomic E-state index is 9.35. The van der Waals surface area contributed by atoms with Crippen molar-refractivity contribution in [2.24, 2.45) is 11.6 Å². The van der Waals surface area contributed by atoms with Gasteiger partial charge in [0.1, 0.15) is 0 Å². The van der Waals surface area contributed by atoms with Gasteiger partial charge in [-0.1, -0.05) is 0 Å². The Labute approximate surface area is 34.6 Å². The van der Waals surface area contributed by atoms with Crippen LogP contribution in [-0.4, -0.2) is 11.5 Å². The van der Waals surface area contributed by atoms with Gasteiger partial charge in [-0.05, 0) is 0 Å². The number of urea groups is 1. The standard InChI is InChI=1S/CH5N3O.H2O/c2-1(5)4-3;/h3H2,(H3,2,4,5);1H2. The second kappa shape index (κ2) is 4.19. The van der Waals surface area contributed by atoms with E-state index >= 15 is 0 Å². The fourth-order valence-corrected chi connectivity index (χ4v) is 0. The zero-order chi connectivity index (χ0) is 4.28. The van der Waals surface area contributed by atoms with E-state index in [1.54, 1.807) is 5.43 Å². The molecule has 38 valence electrons. The summed E-state index contributed by atoms with van der Waals surface area (Å²) in [6, 6.07) is -0.718. The van der Waals surface area contributed by atoms with Gasteiger partial charge in [-0.3, -0.25) is 5.43 Å². The molecule has 0 aliphatic rings. The van der Waals surface area contributed by atoms with Gasteiger partial charge in [0.2, 0.25) is 0 Å². The number of carbonyl (C=O) groups is 1. The number of hydrogen-bond donors (Lipinski definition) is 3. The molecule has 0 spiro atoms. The lowest BCUT2D eigenvalue weighted by Gasteiger charge is -1.81. The number of nitrogens with one attached hydrogen (secondary N) is 1. The van der Waals surface area contributed by atoms with E-state index < -0.39 is 6.03 Å². The van der Waals surface area contributed by atoms with E-state index in [-0.39, 0.29) is 5.48 Å². The minimum atomic E-state index is -0.718. The molecule has 0 saturated carbocycles. The number of hydrogen-bond acceptors (Lipinski definition) is 2. The van der Waals surface area contributed by atoms with Crippen LogP contribution in [0.15, 0.2) is 0 Å². The van der Waals surface area contributed by atoms with E-state index in [1.807, 2.05) is 0 Å². The minimum Gasteiger partial charge on any atom is -0.412 e. The Bertz CT molecular complexity index is 44.1. The molecule has 0 aromatic carbocycles. The smallest absolute Gasteiger partial charge is 0.326 e. The lowest BCUT2D eigenvalue weighted by atomic mass is 11.2. The molecular weight excluding hydrogens is 86.0 g/mol. The van der Waals surface area contributed by atoms with Crippen LogP contribution >= 0.6 is 0 Å². The summed E-state index contributed by atoms with van der Waals surface area (Å²) in [5.74, 6) is 4.45. The number of amides is 2. The van der Waals surface area contributed by atoms with Crippen molar-refractivity contribution in [1.29, 1.82) is 0 Å². The van der Waals surface area contributed by atoms with Gasteiger partial charge >= 0.3 is 6.03 Å². The third kappa shape index (κ3) is 10.8. The number of carbonyl (C=O) groups excluding carboxylic acids is 1. The van der Waals surface area contributed by atoms with Crippen LogP contribution in [0.2, 0.25) is 0 Å². The maximum atomic E-state index is 9.35. The summed E-state index contributed by atoms with van der Waals surface area (Å²) in [4.78, 5) is 9.35. The molecule has 0 unspecified atom stereocenters. The van der Waals surface area contributed by atoms with Crippen LogP contribution in [0.5, 0.6) is 0 Å². The fourth-order valence-electron chi connectivity index (χ4n) is 0. The lowest BCUT2D eigenvalue weighted by Crippen LogP contribution is -2.34. The van der Waals surface area contributed by atoms with Crippen LogP contribution in [0.4, 0.5) is 4.79 Å². The van der Waals surface area contributed by atoms with Gasteiger partial charge in [0.15, 0.2) is 0 Å². The van der Waals surface area contributed by atoms with Gasteiger partial charge in [0.25, 0.3) is 0 Å². The molecule has 0 fully saturated rings. The predicted molar refractivity (Wildman–Crippen MR) is 20.5 cm³/mol. The highest BCUT2D eigenvalue weighted by molar-refractivity contribution is 5.70. The van der Waals surface area contributed by atoms with Crippen molar-refractivity contribution in [3.63, 3.8) is 0 Å². The van der Waals surface area contributed by atoms with Gasteiger partial charge in [0.05, 0.1) is 0 Å². The summed E-state index contributed by atoms with van der Waals surface area (Å²) in [6.07, 6.45) is 0. The average Bonchev–Trinajstić information content (AvgIpc) is 1.38. The van der Waals surface area contributed by atoms with Crippen molar-refractivity contribution in [1.82, 2.24) is 5.43 Å². The van der Waals surface area contributed by atoms with Crippen molar-refractivity contribution >= 4 is 6.03 Å². The maximum Gasteiger partial charge on any atom is 0.326 e. The third-order valence-electron chi connectivity index (χ3n) is 0.142. The molecule has 5 nitrogen and oxygen atoms in total. The van der Waals surface area contributed by atoms with Crippen molar-refractivity contribution in [3.05, 3.63) is 0 Å². The number of nitrogens with two attached hydrogens (primary N) is 2. The molecule has 0 aromatic heterocycles.